The number of nitrogens with one attached hydrogen (secondary N) is 2. The van der Waals surface area contributed by atoms with E-state index in [1.54, 1.807) is 0 Å². The lowest BCUT2D eigenvalue weighted by Crippen LogP contribution is -2.47. The van der Waals surface area contributed by atoms with Gasteiger partial charge in [-0.05, 0) is 57.8 Å². The van der Waals surface area contributed by atoms with Gasteiger partial charge in [-0.1, -0.05) is 111 Å². The highest BCUT2D eigenvalue weighted by atomic mass is 16.5. The number of rotatable bonds is 34. The number of unbranched alkanes of at least 4 members (excludes halogenated alkanes) is 11. The molecule has 0 bridgehead atoms. The van der Waals surface area contributed by atoms with Crippen LogP contribution in [0.4, 0.5) is 0 Å². The van der Waals surface area contributed by atoms with Gasteiger partial charge in [0.1, 0.15) is 6.04 Å². The van der Waals surface area contributed by atoms with Crippen LogP contribution in [0.15, 0.2) is 4.99 Å². The third kappa shape index (κ3) is 26.9. The highest BCUT2D eigenvalue weighted by Crippen LogP contribution is 2.20. The van der Waals surface area contributed by atoms with Crippen LogP contribution in [0, 0.1) is 11.8 Å². The second kappa shape index (κ2) is 33.3. The minimum absolute atomic E-state index is 0.0120. The van der Waals surface area contributed by atoms with Gasteiger partial charge in [0.2, 0.25) is 11.8 Å². The molecule has 0 rings (SSSR count). The number of esters is 2. The fourth-order valence-corrected chi connectivity index (χ4v) is 5.88. The first-order valence-electron chi connectivity index (χ1n) is 20.2. The van der Waals surface area contributed by atoms with Crippen LogP contribution in [-0.2, 0) is 28.7 Å². The van der Waals surface area contributed by atoms with Gasteiger partial charge in [-0.3, -0.25) is 24.2 Å². The summed E-state index contributed by atoms with van der Waals surface area (Å²) in [6, 6.07) is -0.781. The number of nitrogens with zero attached hydrogens (tertiary/aromatic N) is 1. The van der Waals surface area contributed by atoms with Crippen LogP contribution >= 0.6 is 0 Å². The zero-order valence-electron chi connectivity index (χ0n) is 32.4. The molecule has 0 aliphatic rings. The molecule has 0 aromatic rings. The van der Waals surface area contributed by atoms with Crippen LogP contribution in [0.3, 0.4) is 0 Å². The smallest absolute Gasteiger partial charge is 0.308 e. The highest BCUT2D eigenvalue weighted by Gasteiger charge is 2.22. The maximum atomic E-state index is 13.0. The van der Waals surface area contributed by atoms with Crippen molar-refractivity contribution in [1.29, 1.82) is 0 Å². The maximum Gasteiger partial charge on any atom is 0.308 e. The summed E-state index contributed by atoms with van der Waals surface area (Å²) >= 11 is 0. The summed E-state index contributed by atoms with van der Waals surface area (Å²) in [6.45, 7) is 9.90. The van der Waals surface area contributed by atoms with Gasteiger partial charge in [-0.2, -0.15) is 0 Å². The molecule has 0 saturated heterocycles. The van der Waals surface area contributed by atoms with Crippen LogP contribution < -0.4 is 22.1 Å². The summed E-state index contributed by atoms with van der Waals surface area (Å²) in [4.78, 5) is 55.0. The van der Waals surface area contributed by atoms with Gasteiger partial charge in [0.05, 0.1) is 25.0 Å². The Balaban J connectivity index is 4.55. The molecule has 0 aliphatic heterocycles. The van der Waals surface area contributed by atoms with Crippen LogP contribution in [0.2, 0.25) is 0 Å². The molecule has 50 heavy (non-hydrogen) atoms. The normalized spacial score (nSPS) is 12.8. The predicted octanol–water partition coefficient (Wildman–Crippen LogP) is 7.23. The molecule has 0 fully saturated rings. The van der Waals surface area contributed by atoms with E-state index in [4.69, 9.17) is 20.9 Å². The van der Waals surface area contributed by atoms with Crippen molar-refractivity contribution in [2.45, 2.75) is 181 Å². The number of ether oxygens (including phenoxy) is 2. The molecular formula is C39H75N5O6. The van der Waals surface area contributed by atoms with Gasteiger partial charge >= 0.3 is 11.9 Å². The molecule has 11 heteroatoms. The number of carbonyl (C=O) groups excluding carboxylic acids is 4. The summed E-state index contributed by atoms with van der Waals surface area (Å²) in [7, 11) is 0. The molecule has 11 nitrogen and oxygen atoms in total. The minimum Gasteiger partial charge on any atom is -0.465 e. The third-order valence-electron chi connectivity index (χ3n) is 9.06. The second-order valence-electron chi connectivity index (χ2n) is 13.7. The fraction of sp³-hybridized carbons (Fsp3) is 0.872. The van der Waals surface area contributed by atoms with Crippen molar-refractivity contribution in [2.24, 2.45) is 28.3 Å². The Morgan fingerprint density at radius 3 is 1.58 bits per heavy atom. The van der Waals surface area contributed by atoms with Crippen molar-refractivity contribution in [2.75, 3.05) is 26.3 Å². The van der Waals surface area contributed by atoms with Crippen LogP contribution in [0.5, 0.6) is 0 Å². The minimum atomic E-state index is -0.781. The molecule has 6 N–H and O–H groups in total. The molecule has 0 radical (unpaired) electrons. The van der Waals surface area contributed by atoms with E-state index >= 15 is 0 Å². The molecule has 0 aromatic carbocycles. The van der Waals surface area contributed by atoms with E-state index in [2.05, 4.69) is 43.3 Å². The SMILES string of the molecule is CCCCCCC(CCCC)C(=O)OCCCCCCNC(=O)C(CCN=C(N)N)NC(=O)CCCOC(=O)C(CCCC)CCCCCC. The van der Waals surface area contributed by atoms with Gasteiger partial charge in [0, 0.05) is 19.5 Å². The number of amides is 2. The molecule has 3 unspecified atom stereocenters. The van der Waals surface area contributed by atoms with Crippen molar-refractivity contribution >= 4 is 29.7 Å². The monoisotopic (exact) mass is 710 g/mol. The van der Waals surface area contributed by atoms with Crippen molar-refractivity contribution in [3.8, 4) is 0 Å². The third-order valence-corrected chi connectivity index (χ3v) is 9.06. The van der Waals surface area contributed by atoms with E-state index in [-0.39, 0.29) is 67.5 Å². The molecule has 292 valence electrons. The summed E-state index contributed by atoms with van der Waals surface area (Å²) in [5.41, 5.74) is 10.9. The Kier molecular flexibility index (Phi) is 31.4. The number of nitrogens with two attached hydrogens (primary N) is 2. The molecule has 0 spiro atoms. The van der Waals surface area contributed by atoms with Gasteiger partial charge < -0.3 is 31.6 Å². The van der Waals surface area contributed by atoms with Gasteiger partial charge in [0.25, 0.3) is 0 Å². The highest BCUT2D eigenvalue weighted by molar-refractivity contribution is 5.87. The number of hydrogen-bond donors (Lipinski definition) is 4. The van der Waals surface area contributed by atoms with Crippen LogP contribution in [-0.4, -0.2) is 62.1 Å². The van der Waals surface area contributed by atoms with E-state index in [0.29, 0.717) is 19.6 Å². The molecule has 0 saturated carbocycles. The number of carbonyl (C=O) groups is 4. The van der Waals surface area contributed by atoms with E-state index in [1.807, 2.05) is 0 Å². The zero-order chi connectivity index (χ0) is 37.2. The van der Waals surface area contributed by atoms with Crippen LogP contribution in [0.1, 0.15) is 175 Å². The molecule has 0 heterocycles. The summed E-state index contributed by atoms with van der Waals surface area (Å²) in [6.07, 6.45) is 20.9. The van der Waals surface area contributed by atoms with E-state index in [1.165, 1.54) is 25.7 Å². The maximum absolute atomic E-state index is 13.0. The van der Waals surface area contributed by atoms with Crippen molar-refractivity contribution in [1.82, 2.24) is 10.6 Å². The molecule has 2 amide bonds. The van der Waals surface area contributed by atoms with Crippen molar-refractivity contribution in [3.63, 3.8) is 0 Å². The first kappa shape index (κ1) is 47.1. The van der Waals surface area contributed by atoms with E-state index in [0.717, 1.165) is 103 Å². The van der Waals surface area contributed by atoms with Gasteiger partial charge in [-0.15, -0.1) is 0 Å². The standard InChI is InChI=1S/C39H75N5O6/c1-5-9-13-17-24-32(22-11-7-3)37(47)49-30-20-16-15-19-28-42-36(46)34(27-29-43-39(40)41)44-35(45)26-21-31-50-38(48)33(23-12-8-4)25-18-14-10-6-2/h32-34H,5-31H2,1-4H3,(H,42,46)(H,44,45)(H4,40,41,43). The first-order chi connectivity index (χ1) is 24.2. The zero-order valence-corrected chi connectivity index (χ0v) is 32.4. The Bertz CT molecular complexity index is 911. The quantitative estimate of drug-likeness (QED) is 0.0234. The Hall–Kier alpha value is -2.85. The topological polar surface area (TPSA) is 175 Å². The molecule has 0 aromatic heterocycles. The van der Waals surface area contributed by atoms with Gasteiger partial charge in [0.15, 0.2) is 5.96 Å². The number of aliphatic imine (C=N–C) groups is 1. The molecular weight excluding hydrogens is 634 g/mol. The Morgan fingerprint density at radius 2 is 1.06 bits per heavy atom. The predicted molar refractivity (Wildman–Crippen MR) is 203 cm³/mol. The summed E-state index contributed by atoms with van der Waals surface area (Å²) < 4.78 is 11.2. The number of guanidine groups is 1. The second-order valence-corrected chi connectivity index (χ2v) is 13.7. The van der Waals surface area contributed by atoms with Gasteiger partial charge in [-0.25, -0.2) is 0 Å². The summed E-state index contributed by atoms with van der Waals surface area (Å²) in [5.74, 6) is -0.952. The molecule has 0 aliphatic carbocycles. The van der Waals surface area contributed by atoms with Crippen molar-refractivity contribution < 1.29 is 28.7 Å². The largest absolute Gasteiger partial charge is 0.465 e. The lowest BCUT2D eigenvalue weighted by molar-refractivity contribution is -0.150. The van der Waals surface area contributed by atoms with E-state index < -0.39 is 6.04 Å². The average molecular weight is 710 g/mol. The Morgan fingerprint density at radius 1 is 0.580 bits per heavy atom. The average Bonchev–Trinajstić information content (AvgIpc) is 3.09. The summed E-state index contributed by atoms with van der Waals surface area (Å²) in [5, 5.41) is 5.71. The van der Waals surface area contributed by atoms with Crippen molar-refractivity contribution in [3.05, 3.63) is 0 Å². The van der Waals surface area contributed by atoms with E-state index in [9.17, 15) is 19.2 Å². The van der Waals surface area contributed by atoms with Crippen LogP contribution in [0.25, 0.3) is 0 Å². The number of hydrogen-bond acceptors (Lipinski definition) is 7. The first-order valence-corrected chi connectivity index (χ1v) is 20.2. The fourth-order valence-electron chi connectivity index (χ4n) is 5.88. The molecule has 3 atom stereocenters. The lowest BCUT2D eigenvalue weighted by atomic mass is 9.95. The lowest BCUT2D eigenvalue weighted by Gasteiger charge is -2.18. The Labute approximate surface area is 304 Å².